The molecule has 0 spiro atoms. The molecule has 0 radical (unpaired) electrons. The summed E-state index contributed by atoms with van der Waals surface area (Å²) < 4.78 is 6.72. The van der Waals surface area contributed by atoms with Gasteiger partial charge in [-0.2, -0.15) is 0 Å². The highest BCUT2D eigenvalue weighted by Gasteiger charge is 2.16. The summed E-state index contributed by atoms with van der Waals surface area (Å²) in [6.07, 6.45) is 2.64. The zero-order chi connectivity index (χ0) is 12.5. The summed E-state index contributed by atoms with van der Waals surface area (Å²) in [7, 11) is 0. The second kappa shape index (κ2) is 5.03. The van der Waals surface area contributed by atoms with E-state index < -0.39 is 0 Å². The van der Waals surface area contributed by atoms with E-state index in [1.54, 1.807) is 11.3 Å². The lowest BCUT2D eigenvalue weighted by atomic mass is 10.2. The van der Waals surface area contributed by atoms with Crippen LogP contribution in [-0.4, -0.2) is 24.2 Å². The number of aryl methyl sites for hydroxylation is 1. The van der Waals surface area contributed by atoms with Crippen molar-refractivity contribution in [1.29, 1.82) is 0 Å². The van der Waals surface area contributed by atoms with Crippen molar-refractivity contribution in [3.8, 4) is 0 Å². The van der Waals surface area contributed by atoms with Gasteiger partial charge in [-0.15, -0.1) is 0 Å². The molecule has 18 heavy (non-hydrogen) atoms. The van der Waals surface area contributed by atoms with E-state index >= 15 is 0 Å². The van der Waals surface area contributed by atoms with Crippen LogP contribution in [0, 0.1) is 6.92 Å². The van der Waals surface area contributed by atoms with Gasteiger partial charge in [0.15, 0.2) is 5.13 Å². The summed E-state index contributed by atoms with van der Waals surface area (Å²) in [5.74, 6) is 0. The monoisotopic (exact) mass is 282 g/mol. The highest BCUT2D eigenvalue weighted by molar-refractivity contribution is 7.22. The fraction of sp³-hybridized carbons (Fsp3) is 0.462. The number of anilines is 1. The van der Waals surface area contributed by atoms with E-state index in [-0.39, 0.29) is 0 Å². The predicted molar refractivity (Wildman–Crippen MR) is 76.8 cm³/mol. The van der Waals surface area contributed by atoms with Gasteiger partial charge in [-0.3, -0.25) is 0 Å². The molecule has 1 atom stereocenters. The Balaban J connectivity index is 1.78. The first-order chi connectivity index (χ1) is 8.72. The molecule has 1 aliphatic heterocycles. The quantitative estimate of drug-likeness (QED) is 0.928. The first kappa shape index (κ1) is 12.2. The van der Waals surface area contributed by atoms with Crippen molar-refractivity contribution < 1.29 is 4.74 Å². The van der Waals surface area contributed by atoms with Gasteiger partial charge in [-0.05, 0) is 37.5 Å². The molecule has 3 nitrogen and oxygen atoms in total. The predicted octanol–water partition coefficient (Wildman–Crippen LogP) is 3.85. The smallest absolute Gasteiger partial charge is 0.183 e. The zero-order valence-corrected chi connectivity index (χ0v) is 11.8. The third kappa shape index (κ3) is 2.46. The number of aromatic nitrogens is 1. The molecule has 0 unspecified atom stereocenters. The van der Waals surface area contributed by atoms with Crippen molar-refractivity contribution >= 4 is 38.3 Å². The van der Waals surface area contributed by atoms with E-state index in [1.165, 1.54) is 6.42 Å². The Morgan fingerprint density at radius 2 is 2.44 bits per heavy atom. The van der Waals surface area contributed by atoms with Gasteiger partial charge in [-0.1, -0.05) is 22.9 Å². The number of ether oxygens (including phenoxy) is 1. The first-order valence-electron chi connectivity index (χ1n) is 6.14. The molecule has 0 amide bonds. The molecular weight excluding hydrogens is 268 g/mol. The van der Waals surface area contributed by atoms with Gasteiger partial charge >= 0.3 is 0 Å². The van der Waals surface area contributed by atoms with E-state index in [2.05, 4.69) is 10.3 Å². The van der Waals surface area contributed by atoms with Crippen LogP contribution in [-0.2, 0) is 4.74 Å². The Kier molecular flexibility index (Phi) is 3.41. The molecule has 1 saturated heterocycles. The number of rotatable bonds is 3. The highest BCUT2D eigenvalue weighted by Crippen LogP contribution is 2.31. The molecular formula is C13H15ClN2OS. The summed E-state index contributed by atoms with van der Waals surface area (Å²) in [5.41, 5.74) is 2.16. The molecule has 0 aliphatic carbocycles. The number of fused-ring (bicyclic) bond motifs is 1. The van der Waals surface area contributed by atoms with Crippen LogP contribution in [0.5, 0.6) is 0 Å². The fourth-order valence-electron chi connectivity index (χ4n) is 2.24. The van der Waals surface area contributed by atoms with Crippen LogP contribution in [0.3, 0.4) is 0 Å². The lowest BCUT2D eigenvalue weighted by Crippen LogP contribution is -2.18. The number of thiazole rings is 1. The summed E-state index contributed by atoms with van der Waals surface area (Å²) in [4.78, 5) is 4.61. The molecule has 1 aliphatic rings. The molecule has 3 rings (SSSR count). The van der Waals surface area contributed by atoms with Gasteiger partial charge < -0.3 is 10.1 Å². The lowest BCUT2D eigenvalue weighted by Gasteiger charge is -2.08. The maximum absolute atomic E-state index is 6.05. The molecule has 0 bridgehead atoms. The van der Waals surface area contributed by atoms with E-state index in [0.717, 1.165) is 45.5 Å². The highest BCUT2D eigenvalue weighted by atomic mass is 35.5. The van der Waals surface area contributed by atoms with Crippen molar-refractivity contribution in [2.75, 3.05) is 18.5 Å². The van der Waals surface area contributed by atoms with Gasteiger partial charge in [-0.25, -0.2) is 4.98 Å². The fourth-order valence-corrected chi connectivity index (χ4v) is 3.56. The lowest BCUT2D eigenvalue weighted by molar-refractivity contribution is 0.120. The normalized spacial score (nSPS) is 19.6. The van der Waals surface area contributed by atoms with Crippen LogP contribution in [0.1, 0.15) is 18.4 Å². The molecule has 5 heteroatoms. The van der Waals surface area contributed by atoms with Crippen molar-refractivity contribution in [3.63, 3.8) is 0 Å². The van der Waals surface area contributed by atoms with Crippen molar-refractivity contribution in [2.45, 2.75) is 25.9 Å². The van der Waals surface area contributed by atoms with Crippen LogP contribution >= 0.6 is 22.9 Å². The second-order valence-corrected chi connectivity index (χ2v) is 6.07. The average molecular weight is 283 g/mol. The standard InChI is InChI=1S/C13H15ClN2OS/c1-8-5-9(14)6-11-12(8)16-13(18-11)15-7-10-3-2-4-17-10/h5-6,10H,2-4,7H2,1H3,(H,15,16)/t10-/m1/s1. The van der Waals surface area contributed by atoms with Gasteiger partial charge in [0.25, 0.3) is 0 Å². The molecule has 2 aromatic rings. The molecule has 96 valence electrons. The molecule has 1 N–H and O–H groups in total. The zero-order valence-electron chi connectivity index (χ0n) is 10.2. The Morgan fingerprint density at radius 1 is 1.56 bits per heavy atom. The van der Waals surface area contributed by atoms with E-state index in [0.29, 0.717) is 6.10 Å². The van der Waals surface area contributed by atoms with Crippen LogP contribution in [0.15, 0.2) is 12.1 Å². The van der Waals surface area contributed by atoms with E-state index in [4.69, 9.17) is 16.3 Å². The number of benzene rings is 1. The molecule has 1 aromatic heterocycles. The third-order valence-electron chi connectivity index (χ3n) is 3.16. The number of hydrogen-bond acceptors (Lipinski definition) is 4. The Morgan fingerprint density at radius 3 is 3.22 bits per heavy atom. The van der Waals surface area contributed by atoms with Gasteiger partial charge in [0.2, 0.25) is 0 Å². The first-order valence-corrected chi connectivity index (χ1v) is 7.34. The maximum atomic E-state index is 6.05. The minimum atomic E-state index is 0.335. The summed E-state index contributed by atoms with van der Waals surface area (Å²) >= 11 is 7.70. The van der Waals surface area contributed by atoms with Gasteiger partial charge in [0.05, 0.1) is 16.3 Å². The SMILES string of the molecule is Cc1cc(Cl)cc2sc(NC[C@H]3CCCO3)nc12. The van der Waals surface area contributed by atoms with Crippen LogP contribution < -0.4 is 5.32 Å². The Hall–Kier alpha value is -0.840. The van der Waals surface area contributed by atoms with Crippen molar-refractivity contribution in [1.82, 2.24) is 4.98 Å². The van der Waals surface area contributed by atoms with Crippen LogP contribution in [0.2, 0.25) is 5.02 Å². The van der Waals surface area contributed by atoms with Crippen molar-refractivity contribution in [3.05, 3.63) is 22.7 Å². The van der Waals surface area contributed by atoms with E-state index in [1.807, 2.05) is 19.1 Å². The number of nitrogens with zero attached hydrogens (tertiary/aromatic N) is 1. The molecule has 0 saturated carbocycles. The molecule has 1 aromatic carbocycles. The Bertz CT molecular complexity index is 563. The van der Waals surface area contributed by atoms with Crippen LogP contribution in [0.4, 0.5) is 5.13 Å². The minimum Gasteiger partial charge on any atom is -0.376 e. The van der Waals surface area contributed by atoms with Crippen LogP contribution in [0.25, 0.3) is 10.2 Å². The summed E-state index contributed by atoms with van der Waals surface area (Å²) in [6.45, 7) is 3.77. The second-order valence-electron chi connectivity index (χ2n) is 4.60. The maximum Gasteiger partial charge on any atom is 0.183 e. The van der Waals surface area contributed by atoms with Gasteiger partial charge in [0.1, 0.15) is 0 Å². The van der Waals surface area contributed by atoms with Crippen molar-refractivity contribution in [2.24, 2.45) is 0 Å². The average Bonchev–Trinajstić information content (AvgIpc) is 2.93. The minimum absolute atomic E-state index is 0.335. The third-order valence-corrected chi connectivity index (χ3v) is 4.33. The summed E-state index contributed by atoms with van der Waals surface area (Å²) in [6, 6.07) is 3.92. The number of halogens is 1. The molecule has 1 fully saturated rings. The Labute approximate surface area is 115 Å². The largest absolute Gasteiger partial charge is 0.376 e. The van der Waals surface area contributed by atoms with Gasteiger partial charge in [0, 0.05) is 18.2 Å². The number of hydrogen-bond donors (Lipinski definition) is 1. The topological polar surface area (TPSA) is 34.1 Å². The summed E-state index contributed by atoms with van der Waals surface area (Å²) in [5, 5.41) is 5.08. The number of nitrogens with one attached hydrogen (secondary N) is 1. The van der Waals surface area contributed by atoms with E-state index in [9.17, 15) is 0 Å². The molecule has 2 heterocycles.